The van der Waals surface area contributed by atoms with Gasteiger partial charge < -0.3 is 5.11 Å². The molecule has 0 saturated carbocycles. The number of aliphatic hydroxyl groups excluding tert-OH is 1. The number of hydrogen-bond acceptors (Lipinski definition) is 1. The van der Waals surface area contributed by atoms with Crippen molar-refractivity contribution >= 4 is 21.5 Å². The van der Waals surface area contributed by atoms with E-state index in [1.165, 1.54) is 0 Å². The predicted octanol–water partition coefficient (Wildman–Crippen LogP) is 2.90. The predicted molar refractivity (Wildman–Crippen MR) is 52.8 cm³/mol. The first-order valence-electron chi connectivity index (χ1n) is 3.84. The highest BCUT2D eigenvalue weighted by Crippen LogP contribution is 2.39. The van der Waals surface area contributed by atoms with Crippen LogP contribution in [0.3, 0.4) is 0 Å². The van der Waals surface area contributed by atoms with Gasteiger partial charge in [-0.25, -0.2) is 0 Å². The second-order valence-electron chi connectivity index (χ2n) is 3.06. The SMILES string of the molecule is C=C1C[C@@H](O)c2cc(Br)ccc21. The van der Waals surface area contributed by atoms with E-state index >= 15 is 0 Å². The summed E-state index contributed by atoms with van der Waals surface area (Å²) in [6, 6.07) is 5.93. The summed E-state index contributed by atoms with van der Waals surface area (Å²) in [5, 5.41) is 9.59. The van der Waals surface area contributed by atoms with E-state index in [0.29, 0.717) is 6.42 Å². The highest BCUT2D eigenvalue weighted by Gasteiger charge is 2.22. The smallest absolute Gasteiger partial charge is 0.0836 e. The van der Waals surface area contributed by atoms with Gasteiger partial charge in [0.1, 0.15) is 0 Å². The van der Waals surface area contributed by atoms with Gasteiger partial charge >= 0.3 is 0 Å². The molecule has 0 heterocycles. The van der Waals surface area contributed by atoms with E-state index in [9.17, 15) is 5.11 Å². The normalized spacial score (nSPS) is 21.2. The van der Waals surface area contributed by atoms with Crippen molar-refractivity contribution in [3.8, 4) is 0 Å². The van der Waals surface area contributed by atoms with Crippen molar-refractivity contribution in [1.82, 2.24) is 0 Å². The van der Waals surface area contributed by atoms with Crippen molar-refractivity contribution in [2.75, 3.05) is 0 Å². The van der Waals surface area contributed by atoms with Gasteiger partial charge in [-0.05, 0) is 28.8 Å². The maximum absolute atomic E-state index is 9.59. The maximum Gasteiger partial charge on any atom is 0.0836 e. The van der Waals surface area contributed by atoms with Crippen molar-refractivity contribution in [3.05, 3.63) is 40.4 Å². The lowest BCUT2D eigenvalue weighted by Crippen LogP contribution is -1.89. The van der Waals surface area contributed by atoms with E-state index in [1.54, 1.807) is 0 Å². The van der Waals surface area contributed by atoms with E-state index in [4.69, 9.17) is 0 Å². The van der Waals surface area contributed by atoms with Gasteiger partial charge in [-0.1, -0.05) is 28.6 Å². The molecule has 2 rings (SSSR count). The molecule has 0 radical (unpaired) electrons. The van der Waals surface area contributed by atoms with Crippen LogP contribution in [0, 0.1) is 0 Å². The first-order chi connectivity index (χ1) is 5.68. The van der Waals surface area contributed by atoms with Crippen LogP contribution in [-0.2, 0) is 0 Å². The molecule has 0 spiro atoms. The molecule has 0 aromatic heterocycles. The molecule has 1 aromatic rings. The molecule has 1 aliphatic carbocycles. The molecule has 1 nitrogen and oxygen atoms in total. The highest BCUT2D eigenvalue weighted by atomic mass is 79.9. The number of hydrogen-bond donors (Lipinski definition) is 1. The molecule has 0 saturated heterocycles. The minimum absolute atomic E-state index is 0.356. The molecule has 0 bridgehead atoms. The molecule has 2 heteroatoms. The van der Waals surface area contributed by atoms with Crippen LogP contribution < -0.4 is 0 Å². The molecule has 0 fully saturated rings. The molecule has 1 atom stereocenters. The van der Waals surface area contributed by atoms with Gasteiger partial charge in [-0.3, -0.25) is 0 Å². The molecule has 1 N–H and O–H groups in total. The minimum atomic E-state index is -0.356. The Hall–Kier alpha value is -0.600. The van der Waals surface area contributed by atoms with E-state index in [1.807, 2.05) is 18.2 Å². The highest BCUT2D eigenvalue weighted by molar-refractivity contribution is 9.10. The number of halogens is 1. The Labute approximate surface area is 79.9 Å². The number of fused-ring (bicyclic) bond motifs is 1. The second kappa shape index (κ2) is 2.71. The zero-order valence-electron chi connectivity index (χ0n) is 6.55. The lowest BCUT2D eigenvalue weighted by Gasteiger charge is -2.02. The molecule has 1 aromatic carbocycles. The van der Waals surface area contributed by atoms with E-state index in [0.717, 1.165) is 21.2 Å². The fraction of sp³-hybridized carbons (Fsp3) is 0.200. The summed E-state index contributed by atoms with van der Waals surface area (Å²) in [4.78, 5) is 0. The molecule has 0 unspecified atom stereocenters. The van der Waals surface area contributed by atoms with E-state index < -0.39 is 0 Å². The standard InChI is InChI=1S/C10H9BrO/c1-6-4-10(12)9-5-7(11)2-3-8(6)9/h2-3,5,10,12H,1,4H2/t10-/m1/s1. The van der Waals surface area contributed by atoms with Crippen molar-refractivity contribution in [2.24, 2.45) is 0 Å². The lowest BCUT2D eigenvalue weighted by atomic mass is 10.1. The summed E-state index contributed by atoms with van der Waals surface area (Å²) in [5.41, 5.74) is 3.13. The molecule has 1 aliphatic rings. The summed E-state index contributed by atoms with van der Waals surface area (Å²) in [7, 11) is 0. The third kappa shape index (κ3) is 1.11. The molecular formula is C10H9BrO. The Morgan fingerprint density at radius 3 is 3.00 bits per heavy atom. The number of rotatable bonds is 0. The molecule has 62 valence electrons. The molecule has 0 aliphatic heterocycles. The van der Waals surface area contributed by atoms with Gasteiger partial charge in [-0.2, -0.15) is 0 Å². The van der Waals surface area contributed by atoms with Gasteiger partial charge in [0.05, 0.1) is 6.10 Å². The average Bonchev–Trinajstić information content (AvgIpc) is 2.28. The van der Waals surface area contributed by atoms with Crippen molar-refractivity contribution in [3.63, 3.8) is 0 Å². The van der Waals surface area contributed by atoms with Crippen LogP contribution in [0.25, 0.3) is 5.57 Å². The number of benzene rings is 1. The van der Waals surface area contributed by atoms with Gasteiger partial charge in [-0.15, -0.1) is 0 Å². The van der Waals surface area contributed by atoms with Gasteiger partial charge in [0.25, 0.3) is 0 Å². The van der Waals surface area contributed by atoms with Crippen molar-refractivity contribution in [1.29, 1.82) is 0 Å². The van der Waals surface area contributed by atoms with Crippen molar-refractivity contribution < 1.29 is 5.11 Å². The summed E-state index contributed by atoms with van der Waals surface area (Å²) >= 11 is 3.37. The van der Waals surface area contributed by atoms with Crippen LogP contribution in [0.2, 0.25) is 0 Å². The second-order valence-corrected chi connectivity index (χ2v) is 3.97. The average molecular weight is 225 g/mol. The fourth-order valence-corrected chi connectivity index (χ4v) is 1.96. The summed E-state index contributed by atoms with van der Waals surface area (Å²) in [6.45, 7) is 3.90. The zero-order chi connectivity index (χ0) is 8.72. The van der Waals surface area contributed by atoms with Crippen LogP contribution in [0.15, 0.2) is 29.3 Å². The van der Waals surface area contributed by atoms with Crippen LogP contribution in [0.1, 0.15) is 23.7 Å². The third-order valence-electron chi connectivity index (χ3n) is 2.19. The Morgan fingerprint density at radius 2 is 2.25 bits per heavy atom. The summed E-state index contributed by atoms with van der Waals surface area (Å²) in [6.07, 6.45) is 0.316. The summed E-state index contributed by atoms with van der Waals surface area (Å²) in [5.74, 6) is 0. The van der Waals surface area contributed by atoms with Gasteiger partial charge in [0.2, 0.25) is 0 Å². The minimum Gasteiger partial charge on any atom is -0.388 e. The lowest BCUT2D eigenvalue weighted by molar-refractivity contribution is 0.190. The monoisotopic (exact) mass is 224 g/mol. The Balaban J connectivity index is 2.60. The first kappa shape index (κ1) is 8.02. The summed E-state index contributed by atoms with van der Waals surface area (Å²) < 4.78 is 1.01. The quantitative estimate of drug-likeness (QED) is 0.719. The Kier molecular flexibility index (Phi) is 1.81. The van der Waals surface area contributed by atoms with E-state index in [2.05, 4.69) is 22.5 Å². The van der Waals surface area contributed by atoms with E-state index in [-0.39, 0.29) is 6.10 Å². The topological polar surface area (TPSA) is 20.2 Å². The van der Waals surface area contributed by atoms with Gasteiger partial charge in [0.15, 0.2) is 0 Å². The zero-order valence-corrected chi connectivity index (χ0v) is 8.13. The third-order valence-corrected chi connectivity index (χ3v) is 2.69. The fourth-order valence-electron chi connectivity index (χ4n) is 1.58. The maximum atomic E-state index is 9.59. The molecule has 0 amide bonds. The van der Waals surface area contributed by atoms with Crippen LogP contribution in [0.4, 0.5) is 0 Å². The van der Waals surface area contributed by atoms with Gasteiger partial charge in [0, 0.05) is 10.9 Å². The molecule has 12 heavy (non-hydrogen) atoms. The van der Waals surface area contributed by atoms with Crippen LogP contribution in [0.5, 0.6) is 0 Å². The Bertz CT molecular complexity index is 344. The first-order valence-corrected chi connectivity index (χ1v) is 4.63. The van der Waals surface area contributed by atoms with Crippen LogP contribution >= 0.6 is 15.9 Å². The van der Waals surface area contributed by atoms with Crippen LogP contribution in [-0.4, -0.2) is 5.11 Å². The van der Waals surface area contributed by atoms with Crippen molar-refractivity contribution in [2.45, 2.75) is 12.5 Å². The number of aliphatic hydroxyl groups is 1. The largest absolute Gasteiger partial charge is 0.388 e. The molecular weight excluding hydrogens is 216 g/mol. The Morgan fingerprint density at radius 1 is 1.50 bits per heavy atom.